The van der Waals surface area contributed by atoms with Gasteiger partial charge in [-0.25, -0.2) is 0 Å². The molecule has 0 saturated heterocycles. The molecule has 0 fully saturated rings. The SMILES string of the molecule is Cc1cc(C(C)(S)c2ccccc2)ccc1C=O. The topological polar surface area (TPSA) is 17.1 Å². The van der Waals surface area contributed by atoms with E-state index in [0.717, 1.165) is 28.5 Å². The van der Waals surface area contributed by atoms with Crippen molar-refractivity contribution in [3.8, 4) is 0 Å². The highest BCUT2D eigenvalue weighted by atomic mass is 32.1. The molecule has 0 heterocycles. The van der Waals surface area contributed by atoms with Crippen molar-refractivity contribution in [2.24, 2.45) is 0 Å². The van der Waals surface area contributed by atoms with E-state index in [1.807, 2.05) is 43.3 Å². The van der Waals surface area contributed by atoms with Gasteiger partial charge in [-0.1, -0.05) is 48.5 Å². The van der Waals surface area contributed by atoms with Gasteiger partial charge in [0.15, 0.2) is 0 Å². The van der Waals surface area contributed by atoms with Gasteiger partial charge in [0.1, 0.15) is 6.29 Å². The second-order valence-electron chi connectivity index (χ2n) is 4.63. The molecule has 18 heavy (non-hydrogen) atoms. The Morgan fingerprint density at radius 2 is 1.72 bits per heavy atom. The molecule has 0 aromatic heterocycles. The van der Waals surface area contributed by atoms with Gasteiger partial charge in [-0.05, 0) is 30.5 Å². The summed E-state index contributed by atoms with van der Waals surface area (Å²) in [5.41, 5.74) is 3.96. The minimum absolute atomic E-state index is 0.354. The molecule has 0 amide bonds. The van der Waals surface area contributed by atoms with Crippen LogP contribution in [0.2, 0.25) is 0 Å². The first-order valence-corrected chi connectivity index (χ1v) is 6.34. The lowest BCUT2D eigenvalue weighted by Gasteiger charge is -2.25. The second kappa shape index (κ2) is 4.99. The van der Waals surface area contributed by atoms with E-state index < -0.39 is 0 Å². The number of hydrogen-bond donors (Lipinski definition) is 1. The molecule has 1 nitrogen and oxygen atoms in total. The Labute approximate surface area is 113 Å². The molecule has 0 saturated carbocycles. The Kier molecular flexibility index (Phi) is 3.58. The van der Waals surface area contributed by atoms with Crippen molar-refractivity contribution in [3.63, 3.8) is 0 Å². The van der Waals surface area contributed by atoms with E-state index in [9.17, 15) is 4.79 Å². The lowest BCUT2D eigenvalue weighted by molar-refractivity contribution is 0.112. The zero-order chi connectivity index (χ0) is 13.2. The monoisotopic (exact) mass is 256 g/mol. The minimum Gasteiger partial charge on any atom is -0.298 e. The van der Waals surface area contributed by atoms with Crippen LogP contribution in [0.4, 0.5) is 0 Å². The largest absolute Gasteiger partial charge is 0.298 e. The van der Waals surface area contributed by atoms with Gasteiger partial charge in [-0.3, -0.25) is 4.79 Å². The van der Waals surface area contributed by atoms with Crippen LogP contribution in [-0.2, 0) is 4.75 Å². The fourth-order valence-electron chi connectivity index (χ4n) is 2.04. The van der Waals surface area contributed by atoms with Gasteiger partial charge in [0.05, 0.1) is 4.75 Å². The van der Waals surface area contributed by atoms with Gasteiger partial charge < -0.3 is 0 Å². The molecule has 1 unspecified atom stereocenters. The van der Waals surface area contributed by atoms with Crippen LogP contribution >= 0.6 is 12.6 Å². The number of benzene rings is 2. The second-order valence-corrected chi connectivity index (χ2v) is 5.52. The maximum atomic E-state index is 10.8. The highest BCUT2D eigenvalue weighted by molar-refractivity contribution is 7.81. The van der Waals surface area contributed by atoms with E-state index >= 15 is 0 Å². The normalized spacial score (nSPS) is 13.9. The van der Waals surface area contributed by atoms with E-state index in [-0.39, 0.29) is 4.75 Å². The first-order chi connectivity index (χ1) is 8.55. The maximum absolute atomic E-state index is 10.8. The third-order valence-corrected chi connectivity index (χ3v) is 3.81. The third kappa shape index (κ3) is 2.34. The van der Waals surface area contributed by atoms with Crippen molar-refractivity contribution in [1.29, 1.82) is 0 Å². The van der Waals surface area contributed by atoms with Crippen LogP contribution in [-0.4, -0.2) is 6.29 Å². The van der Waals surface area contributed by atoms with Gasteiger partial charge in [0, 0.05) is 5.56 Å². The molecule has 2 aromatic carbocycles. The minimum atomic E-state index is -0.354. The van der Waals surface area contributed by atoms with Crippen LogP contribution in [0.5, 0.6) is 0 Å². The van der Waals surface area contributed by atoms with Crippen LogP contribution in [0.25, 0.3) is 0 Å². The Bertz CT molecular complexity index is 559. The summed E-state index contributed by atoms with van der Waals surface area (Å²) in [5, 5.41) is 0. The van der Waals surface area contributed by atoms with Crippen LogP contribution in [0.1, 0.15) is 34.0 Å². The summed E-state index contributed by atoms with van der Waals surface area (Å²) in [7, 11) is 0. The number of hydrogen-bond acceptors (Lipinski definition) is 2. The molecule has 2 aromatic rings. The molecule has 0 N–H and O–H groups in total. The quantitative estimate of drug-likeness (QED) is 0.649. The summed E-state index contributed by atoms with van der Waals surface area (Å²) in [6.45, 7) is 4.02. The molecule has 0 radical (unpaired) electrons. The van der Waals surface area contributed by atoms with Crippen molar-refractivity contribution in [3.05, 3.63) is 70.8 Å². The molecule has 1 atom stereocenters. The number of aryl methyl sites for hydroxylation is 1. The van der Waals surface area contributed by atoms with E-state index in [0.29, 0.717) is 0 Å². The highest BCUT2D eigenvalue weighted by Gasteiger charge is 2.24. The molecule has 0 aliphatic heterocycles. The van der Waals surface area contributed by atoms with Crippen LogP contribution in [0.15, 0.2) is 48.5 Å². The first-order valence-electron chi connectivity index (χ1n) is 5.90. The van der Waals surface area contributed by atoms with Crippen LogP contribution < -0.4 is 0 Å². The number of carbonyl (C=O) groups is 1. The van der Waals surface area contributed by atoms with Gasteiger partial charge in [0.2, 0.25) is 0 Å². The van der Waals surface area contributed by atoms with Gasteiger partial charge in [0.25, 0.3) is 0 Å². The Morgan fingerprint density at radius 1 is 1.06 bits per heavy atom. The summed E-state index contributed by atoms with van der Waals surface area (Å²) in [5.74, 6) is 0. The molecule has 0 bridgehead atoms. The molecule has 0 spiro atoms. The van der Waals surface area contributed by atoms with Gasteiger partial charge in [-0.15, -0.1) is 0 Å². The Morgan fingerprint density at radius 3 is 2.28 bits per heavy atom. The third-order valence-electron chi connectivity index (χ3n) is 3.29. The fraction of sp³-hybridized carbons (Fsp3) is 0.188. The predicted molar refractivity (Wildman–Crippen MR) is 78.4 cm³/mol. The zero-order valence-corrected chi connectivity index (χ0v) is 11.4. The fourth-order valence-corrected chi connectivity index (χ4v) is 2.33. The van der Waals surface area contributed by atoms with Crippen LogP contribution in [0.3, 0.4) is 0 Å². The summed E-state index contributed by atoms with van der Waals surface area (Å²) >= 11 is 4.79. The van der Waals surface area contributed by atoms with E-state index in [1.54, 1.807) is 0 Å². The van der Waals surface area contributed by atoms with Crippen molar-refractivity contribution < 1.29 is 4.79 Å². The smallest absolute Gasteiger partial charge is 0.150 e. The van der Waals surface area contributed by atoms with E-state index in [4.69, 9.17) is 12.6 Å². The predicted octanol–water partition coefficient (Wildman–Crippen LogP) is 4.00. The average Bonchev–Trinajstić information content (AvgIpc) is 2.39. The molecular weight excluding hydrogens is 240 g/mol. The zero-order valence-electron chi connectivity index (χ0n) is 10.6. The van der Waals surface area contributed by atoms with Crippen LogP contribution in [0, 0.1) is 6.92 Å². The summed E-state index contributed by atoms with van der Waals surface area (Å²) in [4.78, 5) is 10.8. The van der Waals surface area contributed by atoms with Crippen molar-refractivity contribution in [2.75, 3.05) is 0 Å². The van der Waals surface area contributed by atoms with E-state index in [2.05, 4.69) is 19.1 Å². The van der Waals surface area contributed by atoms with Gasteiger partial charge >= 0.3 is 0 Å². The number of aldehydes is 1. The lowest BCUT2D eigenvalue weighted by atomic mass is 9.90. The lowest BCUT2D eigenvalue weighted by Crippen LogP contribution is -2.16. The summed E-state index contributed by atoms with van der Waals surface area (Å²) in [6, 6.07) is 16.0. The standard InChI is InChI=1S/C16H16OS/c1-12-10-15(9-8-13(12)11-17)16(2,18)14-6-4-3-5-7-14/h3-11,18H,1-2H3. The summed E-state index contributed by atoms with van der Waals surface area (Å²) < 4.78 is -0.354. The summed E-state index contributed by atoms with van der Waals surface area (Å²) in [6.07, 6.45) is 0.886. The van der Waals surface area contributed by atoms with E-state index in [1.165, 1.54) is 0 Å². The highest BCUT2D eigenvalue weighted by Crippen LogP contribution is 2.36. The maximum Gasteiger partial charge on any atom is 0.150 e. The molecule has 92 valence electrons. The van der Waals surface area contributed by atoms with Crippen molar-refractivity contribution >= 4 is 18.9 Å². The van der Waals surface area contributed by atoms with Crippen molar-refractivity contribution in [1.82, 2.24) is 0 Å². The Balaban J connectivity index is 2.48. The molecule has 2 rings (SSSR count). The number of rotatable bonds is 3. The van der Waals surface area contributed by atoms with Crippen molar-refractivity contribution in [2.45, 2.75) is 18.6 Å². The number of carbonyl (C=O) groups excluding carboxylic acids is 1. The molecule has 0 aliphatic carbocycles. The molecular formula is C16H16OS. The average molecular weight is 256 g/mol. The molecule has 0 aliphatic rings. The molecule has 2 heteroatoms. The van der Waals surface area contributed by atoms with Gasteiger partial charge in [-0.2, -0.15) is 12.6 Å². The first kappa shape index (κ1) is 12.9. The Hall–Kier alpha value is -1.54. The number of thiol groups is 1.